The molecule has 2 aromatic carbocycles. The molecule has 0 bridgehead atoms. The fourth-order valence-electron chi connectivity index (χ4n) is 4.16. The van der Waals surface area contributed by atoms with Crippen LogP contribution >= 0.6 is 0 Å². The Hall–Kier alpha value is -4.18. The summed E-state index contributed by atoms with van der Waals surface area (Å²) in [7, 11) is 0. The van der Waals surface area contributed by atoms with Crippen molar-refractivity contribution in [2.45, 2.75) is 20.3 Å². The van der Waals surface area contributed by atoms with E-state index in [0.717, 1.165) is 42.0 Å². The number of para-hydroxylation sites is 1. The van der Waals surface area contributed by atoms with Crippen molar-refractivity contribution in [1.82, 2.24) is 4.98 Å². The first-order chi connectivity index (χ1) is 16.5. The van der Waals surface area contributed by atoms with Gasteiger partial charge in [-0.3, -0.25) is 0 Å². The molecule has 0 aliphatic carbocycles. The van der Waals surface area contributed by atoms with Crippen LogP contribution in [0.1, 0.15) is 36.3 Å². The minimum Gasteiger partial charge on any atom is -0.461 e. The molecule has 7 nitrogen and oxygen atoms in total. The standard InChI is InChI=1S/C27H27N5O2/c1-3-34-27(33)24-15-23(20-9-11-22(12-10-20)32-14-13-19(16-28)17-32)25(18(2)29)26(31-24)30-21-7-5-4-6-8-21/h4-12,15,19,29H,3,13-14,17H2,1-2H3,(H,30,31)/t19-/m1/s1. The second-order valence-corrected chi connectivity index (χ2v) is 8.22. The number of nitrogens with one attached hydrogen (secondary N) is 2. The third-order valence-corrected chi connectivity index (χ3v) is 5.83. The number of rotatable bonds is 7. The van der Waals surface area contributed by atoms with E-state index in [0.29, 0.717) is 17.1 Å². The minimum atomic E-state index is -0.509. The highest BCUT2D eigenvalue weighted by atomic mass is 16.5. The summed E-state index contributed by atoms with van der Waals surface area (Å²) in [4.78, 5) is 19.3. The molecule has 0 radical (unpaired) electrons. The minimum absolute atomic E-state index is 0.0609. The fourth-order valence-corrected chi connectivity index (χ4v) is 4.16. The average Bonchev–Trinajstić information content (AvgIpc) is 3.34. The van der Waals surface area contributed by atoms with Crippen molar-refractivity contribution in [2.75, 3.05) is 29.9 Å². The van der Waals surface area contributed by atoms with Gasteiger partial charge in [-0.15, -0.1) is 0 Å². The van der Waals surface area contributed by atoms with E-state index in [1.807, 2.05) is 54.6 Å². The number of pyridine rings is 1. The lowest BCUT2D eigenvalue weighted by atomic mass is 9.96. The Kier molecular flexibility index (Phi) is 6.88. The van der Waals surface area contributed by atoms with Crippen molar-refractivity contribution in [2.24, 2.45) is 5.92 Å². The van der Waals surface area contributed by atoms with Gasteiger partial charge in [0.15, 0.2) is 5.69 Å². The van der Waals surface area contributed by atoms with Crippen molar-refractivity contribution in [3.05, 3.63) is 71.9 Å². The summed E-state index contributed by atoms with van der Waals surface area (Å²) in [6.07, 6.45) is 0.872. The van der Waals surface area contributed by atoms with E-state index < -0.39 is 5.97 Å². The van der Waals surface area contributed by atoms with E-state index in [4.69, 9.17) is 10.1 Å². The molecule has 1 aromatic heterocycles. The number of ether oxygens (including phenoxy) is 1. The van der Waals surface area contributed by atoms with E-state index in [2.05, 4.69) is 21.3 Å². The average molecular weight is 454 g/mol. The number of carbonyl (C=O) groups is 1. The van der Waals surface area contributed by atoms with Crippen LogP contribution < -0.4 is 10.2 Å². The van der Waals surface area contributed by atoms with Crippen LogP contribution in [-0.2, 0) is 4.74 Å². The highest BCUT2D eigenvalue weighted by Gasteiger charge is 2.23. The van der Waals surface area contributed by atoms with Gasteiger partial charge >= 0.3 is 5.97 Å². The molecule has 2 N–H and O–H groups in total. The van der Waals surface area contributed by atoms with Gasteiger partial charge in [-0.1, -0.05) is 30.3 Å². The van der Waals surface area contributed by atoms with Gasteiger partial charge in [0.2, 0.25) is 0 Å². The van der Waals surface area contributed by atoms with Crippen LogP contribution in [0, 0.1) is 22.7 Å². The summed E-state index contributed by atoms with van der Waals surface area (Å²) in [6, 6.07) is 21.6. The number of esters is 1. The number of aromatic nitrogens is 1. The van der Waals surface area contributed by atoms with Gasteiger partial charge in [0.1, 0.15) is 5.82 Å². The molecule has 7 heteroatoms. The first-order valence-corrected chi connectivity index (χ1v) is 11.3. The van der Waals surface area contributed by atoms with Crippen LogP contribution in [0.5, 0.6) is 0 Å². The molecule has 0 unspecified atom stereocenters. The quantitative estimate of drug-likeness (QED) is 0.366. The highest BCUT2D eigenvalue weighted by molar-refractivity contribution is 6.08. The monoisotopic (exact) mass is 453 g/mol. The topological polar surface area (TPSA) is 102 Å². The number of anilines is 3. The van der Waals surface area contributed by atoms with Crippen LogP contribution in [0.15, 0.2) is 60.7 Å². The van der Waals surface area contributed by atoms with E-state index in [-0.39, 0.29) is 18.2 Å². The lowest BCUT2D eigenvalue weighted by Crippen LogP contribution is -2.19. The fraction of sp³-hybridized carbons (Fsp3) is 0.259. The van der Waals surface area contributed by atoms with Gasteiger partial charge in [-0.2, -0.15) is 5.26 Å². The van der Waals surface area contributed by atoms with Gasteiger partial charge in [-0.25, -0.2) is 9.78 Å². The molecular weight excluding hydrogens is 426 g/mol. The van der Waals surface area contributed by atoms with Crippen molar-refractivity contribution < 1.29 is 9.53 Å². The zero-order chi connectivity index (χ0) is 24.1. The smallest absolute Gasteiger partial charge is 0.357 e. The van der Waals surface area contributed by atoms with Crippen LogP contribution in [0.2, 0.25) is 0 Å². The van der Waals surface area contributed by atoms with E-state index in [1.165, 1.54) is 0 Å². The van der Waals surface area contributed by atoms with E-state index >= 15 is 0 Å². The summed E-state index contributed by atoms with van der Waals surface area (Å²) in [5, 5.41) is 20.9. The molecule has 34 heavy (non-hydrogen) atoms. The Bertz CT molecular complexity index is 1230. The zero-order valence-corrected chi connectivity index (χ0v) is 19.3. The Morgan fingerprint density at radius 1 is 1.24 bits per heavy atom. The summed E-state index contributed by atoms with van der Waals surface area (Å²) < 4.78 is 5.22. The predicted octanol–water partition coefficient (Wildman–Crippen LogP) is 5.41. The maximum Gasteiger partial charge on any atom is 0.357 e. The molecular formula is C27H27N5O2. The number of nitriles is 1. The molecule has 0 saturated carbocycles. The first kappa shape index (κ1) is 23.0. The maximum atomic E-state index is 12.6. The van der Waals surface area contributed by atoms with Crippen molar-refractivity contribution in [3.63, 3.8) is 0 Å². The third-order valence-electron chi connectivity index (χ3n) is 5.83. The number of carbonyl (C=O) groups excluding carboxylic acids is 1. The zero-order valence-electron chi connectivity index (χ0n) is 19.3. The van der Waals surface area contributed by atoms with E-state index in [1.54, 1.807) is 19.9 Å². The van der Waals surface area contributed by atoms with Gasteiger partial charge in [0, 0.05) is 35.7 Å². The van der Waals surface area contributed by atoms with Gasteiger partial charge in [-0.05, 0) is 61.7 Å². The maximum absolute atomic E-state index is 12.6. The van der Waals surface area contributed by atoms with Crippen LogP contribution in [0.25, 0.3) is 11.1 Å². The Morgan fingerprint density at radius 2 is 1.97 bits per heavy atom. The molecule has 1 aliphatic heterocycles. The molecule has 2 heterocycles. The summed E-state index contributed by atoms with van der Waals surface area (Å²) in [6.45, 7) is 5.30. The van der Waals surface area contributed by atoms with Crippen molar-refractivity contribution in [1.29, 1.82) is 10.7 Å². The Morgan fingerprint density at radius 3 is 2.59 bits per heavy atom. The van der Waals surface area contributed by atoms with Gasteiger partial charge in [0.25, 0.3) is 0 Å². The predicted molar refractivity (Wildman–Crippen MR) is 134 cm³/mol. The molecule has 172 valence electrons. The number of hydrogen-bond acceptors (Lipinski definition) is 7. The second-order valence-electron chi connectivity index (χ2n) is 8.22. The molecule has 1 atom stereocenters. The molecule has 0 amide bonds. The van der Waals surface area contributed by atoms with Gasteiger partial charge in [0.05, 0.1) is 18.6 Å². The lowest BCUT2D eigenvalue weighted by Gasteiger charge is -2.20. The number of nitrogens with zero attached hydrogens (tertiary/aromatic N) is 3. The Labute approximate surface area is 199 Å². The van der Waals surface area contributed by atoms with Gasteiger partial charge < -0.3 is 20.4 Å². The normalized spacial score (nSPS) is 15.0. The Balaban J connectivity index is 1.77. The molecule has 1 saturated heterocycles. The largest absolute Gasteiger partial charge is 0.461 e. The van der Waals surface area contributed by atoms with Crippen LogP contribution in [-0.4, -0.2) is 36.4 Å². The molecule has 4 rings (SSSR count). The van der Waals surface area contributed by atoms with E-state index in [9.17, 15) is 10.1 Å². The lowest BCUT2D eigenvalue weighted by molar-refractivity contribution is 0.0519. The molecule has 1 fully saturated rings. The molecule has 0 spiro atoms. The summed E-state index contributed by atoms with van der Waals surface area (Å²) in [5.41, 5.74) is 4.59. The SMILES string of the molecule is CCOC(=O)c1cc(-c2ccc(N3CC[C@H](C#N)C3)cc2)c(C(C)=N)c(Nc2ccccc2)n1. The van der Waals surface area contributed by atoms with Crippen molar-refractivity contribution in [3.8, 4) is 17.2 Å². The summed E-state index contributed by atoms with van der Waals surface area (Å²) in [5.74, 6) is -0.0178. The third kappa shape index (κ3) is 4.91. The first-order valence-electron chi connectivity index (χ1n) is 11.3. The van der Waals surface area contributed by atoms with Crippen LogP contribution in [0.4, 0.5) is 17.2 Å². The second kappa shape index (κ2) is 10.2. The number of benzene rings is 2. The highest BCUT2D eigenvalue weighted by Crippen LogP contribution is 2.33. The summed E-state index contributed by atoms with van der Waals surface area (Å²) >= 11 is 0. The molecule has 1 aliphatic rings. The molecule has 3 aromatic rings. The number of hydrogen-bond donors (Lipinski definition) is 2. The van der Waals surface area contributed by atoms with Crippen LogP contribution in [0.3, 0.4) is 0 Å². The van der Waals surface area contributed by atoms with Crippen molar-refractivity contribution >= 4 is 28.9 Å².